The Kier molecular flexibility index (Phi) is 2.50. The van der Waals surface area contributed by atoms with Crippen LogP contribution in [0, 0.1) is 0 Å². The summed E-state index contributed by atoms with van der Waals surface area (Å²) in [6, 6.07) is 6.38. The fourth-order valence-electron chi connectivity index (χ4n) is 0.622. The molecule has 0 aliphatic carbocycles. The van der Waals surface area contributed by atoms with Gasteiger partial charge in [0.1, 0.15) is 0 Å². The van der Waals surface area contributed by atoms with Crippen molar-refractivity contribution in [3.63, 3.8) is 0 Å². The van der Waals surface area contributed by atoms with Crippen molar-refractivity contribution >= 4 is 24.9 Å². The molecule has 0 radical (unpaired) electrons. The molecule has 0 bridgehead atoms. The minimum Gasteiger partial charge on any atom is -0.343 e. The molecule has 54 valence electrons. The second kappa shape index (κ2) is 3.20. The average Bonchev–Trinajstić information content (AvgIpc) is 1.88. The lowest BCUT2D eigenvalue weighted by molar-refractivity contribution is 0.513. The van der Waals surface area contributed by atoms with Gasteiger partial charge in [-0.15, -0.1) is 0 Å². The number of benzene rings is 1. The number of rotatable bonds is 1. The topological polar surface area (TPSA) is 37.3 Å². The van der Waals surface area contributed by atoms with Gasteiger partial charge in [-0.1, -0.05) is 17.7 Å². The Balaban J connectivity index is 3.07. The molecular weight excluding hydrogens is 170 g/mol. The molecular formula is C6H6ClO2P. The van der Waals surface area contributed by atoms with Crippen molar-refractivity contribution < 1.29 is 9.46 Å². The molecule has 4 heteroatoms. The van der Waals surface area contributed by atoms with Crippen molar-refractivity contribution in [3.8, 4) is 0 Å². The van der Waals surface area contributed by atoms with Gasteiger partial charge < -0.3 is 4.89 Å². The van der Waals surface area contributed by atoms with E-state index in [4.69, 9.17) is 16.5 Å². The third-order valence-corrected chi connectivity index (χ3v) is 2.11. The minimum atomic E-state index is -2.57. The molecule has 0 spiro atoms. The highest BCUT2D eigenvalue weighted by Gasteiger charge is 1.97. The van der Waals surface area contributed by atoms with Crippen molar-refractivity contribution in [2.75, 3.05) is 0 Å². The fourth-order valence-corrected chi connectivity index (χ4v) is 1.42. The molecule has 1 aromatic rings. The molecule has 1 unspecified atom stereocenters. The molecule has 1 N–H and O–H groups in total. The van der Waals surface area contributed by atoms with E-state index in [2.05, 4.69) is 0 Å². The van der Waals surface area contributed by atoms with E-state index in [-0.39, 0.29) is 0 Å². The van der Waals surface area contributed by atoms with E-state index < -0.39 is 8.03 Å². The molecule has 0 fully saturated rings. The fraction of sp³-hybridized carbons (Fsp3) is 0. The van der Waals surface area contributed by atoms with Gasteiger partial charge in [0, 0.05) is 10.3 Å². The van der Waals surface area contributed by atoms with Gasteiger partial charge in [-0.3, -0.25) is 4.57 Å². The van der Waals surface area contributed by atoms with Gasteiger partial charge in [-0.05, 0) is 18.2 Å². The van der Waals surface area contributed by atoms with Crippen LogP contribution in [0.5, 0.6) is 0 Å². The molecule has 0 aromatic heterocycles. The number of hydrogen-bond acceptors (Lipinski definition) is 1. The predicted molar refractivity (Wildman–Crippen MR) is 42.3 cm³/mol. The third kappa shape index (κ3) is 1.84. The SMILES string of the molecule is O=[PH](O)c1cccc(Cl)c1. The van der Waals surface area contributed by atoms with Gasteiger partial charge in [0.25, 0.3) is 0 Å². The summed E-state index contributed by atoms with van der Waals surface area (Å²) in [5, 5.41) is 0.891. The molecule has 1 atom stereocenters. The average molecular weight is 177 g/mol. The van der Waals surface area contributed by atoms with Gasteiger partial charge >= 0.3 is 0 Å². The first kappa shape index (κ1) is 7.80. The quantitative estimate of drug-likeness (QED) is 0.658. The highest BCUT2D eigenvalue weighted by Crippen LogP contribution is 2.15. The van der Waals surface area contributed by atoms with Gasteiger partial charge in [0.15, 0.2) is 0 Å². The molecule has 0 heterocycles. The maximum Gasteiger partial charge on any atom is 0.218 e. The summed E-state index contributed by atoms with van der Waals surface area (Å²) in [6.07, 6.45) is 0. The van der Waals surface area contributed by atoms with Crippen molar-refractivity contribution in [1.29, 1.82) is 0 Å². The second-order valence-electron chi connectivity index (χ2n) is 1.82. The standard InChI is InChI=1S/C6H6ClO2P/c7-5-2-1-3-6(4-5)10(8)9/h1-4,10H,(H,8,9). The molecule has 2 nitrogen and oxygen atoms in total. The highest BCUT2D eigenvalue weighted by atomic mass is 35.5. The lowest BCUT2D eigenvalue weighted by Crippen LogP contribution is -1.92. The molecule has 0 saturated heterocycles. The monoisotopic (exact) mass is 176 g/mol. The lowest BCUT2D eigenvalue weighted by atomic mass is 10.4. The summed E-state index contributed by atoms with van der Waals surface area (Å²) in [5.41, 5.74) is 0. The van der Waals surface area contributed by atoms with E-state index in [0.29, 0.717) is 10.3 Å². The number of halogens is 1. The lowest BCUT2D eigenvalue weighted by Gasteiger charge is -1.93. The highest BCUT2D eigenvalue weighted by molar-refractivity contribution is 7.47. The van der Waals surface area contributed by atoms with E-state index in [1.54, 1.807) is 18.2 Å². The van der Waals surface area contributed by atoms with Crippen LogP contribution >= 0.6 is 19.6 Å². The van der Waals surface area contributed by atoms with Crippen molar-refractivity contribution in [2.24, 2.45) is 0 Å². The van der Waals surface area contributed by atoms with Gasteiger partial charge in [-0.25, -0.2) is 0 Å². The van der Waals surface area contributed by atoms with Crippen LogP contribution in [0.2, 0.25) is 5.02 Å². The van der Waals surface area contributed by atoms with E-state index in [0.717, 1.165) is 0 Å². The second-order valence-corrected chi connectivity index (χ2v) is 3.44. The molecule has 10 heavy (non-hydrogen) atoms. The van der Waals surface area contributed by atoms with Crippen LogP contribution < -0.4 is 5.30 Å². The Morgan fingerprint density at radius 2 is 2.20 bits per heavy atom. The summed E-state index contributed by atoms with van der Waals surface area (Å²) in [5.74, 6) is 0. The van der Waals surface area contributed by atoms with Crippen LogP contribution in [-0.4, -0.2) is 4.89 Å². The minimum absolute atomic E-state index is 0.400. The first-order valence-electron chi connectivity index (χ1n) is 2.69. The van der Waals surface area contributed by atoms with E-state index >= 15 is 0 Å². The Bertz CT molecular complexity index is 262. The third-order valence-electron chi connectivity index (χ3n) is 1.07. The van der Waals surface area contributed by atoms with E-state index in [1.807, 2.05) is 0 Å². The summed E-state index contributed by atoms with van der Waals surface area (Å²) in [7, 11) is -2.57. The van der Waals surface area contributed by atoms with Crippen LogP contribution in [0.1, 0.15) is 0 Å². The van der Waals surface area contributed by atoms with E-state index in [9.17, 15) is 4.57 Å². The zero-order chi connectivity index (χ0) is 7.56. The Hall–Kier alpha value is -0.300. The van der Waals surface area contributed by atoms with Crippen LogP contribution in [-0.2, 0) is 4.57 Å². The molecule has 1 aromatic carbocycles. The molecule has 0 aliphatic rings. The zero-order valence-electron chi connectivity index (χ0n) is 5.04. The Morgan fingerprint density at radius 3 is 2.60 bits per heavy atom. The smallest absolute Gasteiger partial charge is 0.218 e. The van der Waals surface area contributed by atoms with Crippen LogP contribution in [0.15, 0.2) is 24.3 Å². The summed E-state index contributed by atoms with van der Waals surface area (Å²) >= 11 is 5.56. The molecule has 1 rings (SSSR count). The van der Waals surface area contributed by atoms with Crippen molar-refractivity contribution in [2.45, 2.75) is 0 Å². The summed E-state index contributed by atoms with van der Waals surface area (Å²) in [4.78, 5) is 8.64. The largest absolute Gasteiger partial charge is 0.343 e. The predicted octanol–water partition coefficient (Wildman–Crippen LogP) is 1.43. The molecule has 0 aliphatic heterocycles. The van der Waals surface area contributed by atoms with Gasteiger partial charge in [0.05, 0.1) is 0 Å². The van der Waals surface area contributed by atoms with E-state index in [1.165, 1.54) is 6.07 Å². The first-order valence-corrected chi connectivity index (χ1v) is 4.42. The van der Waals surface area contributed by atoms with Gasteiger partial charge in [-0.2, -0.15) is 0 Å². The van der Waals surface area contributed by atoms with Crippen LogP contribution in [0.3, 0.4) is 0 Å². The normalized spacial score (nSPS) is 13.0. The van der Waals surface area contributed by atoms with Gasteiger partial charge in [0.2, 0.25) is 8.03 Å². The Morgan fingerprint density at radius 1 is 1.50 bits per heavy atom. The summed E-state index contributed by atoms with van der Waals surface area (Å²) in [6.45, 7) is 0. The molecule has 0 saturated carbocycles. The summed E-state index contributed by atoms with van der Waals surface area (Å²) < 4.78 is 10.5. The van der Waals surface area contributed by atoms with Crippen LogP contribution in [0.4, 0.5) is 0 Å². The number of hydrogen-bond donors (Lipinski definition) is 1. The zero-order valence-corrected chi connectivity index (χ0v) is 6.80. The first-order chi connectivity index (χ1) is 4.70. The van der Waals surface area contributed by atoms with Crippen molar-refractivity contribution in [3.05, 3.63) is 29.3 Å². The van der Waals surface area contributed by atoms with Crippen LogP contribution in [0.25, 0.3) is 0 Å². The Labute approximate surface area is 64.3 Å². The molecule has 0 amide bonds. The maximum absolute atomic E-state index is 10.5. The maximum atomic E-state index is 10.5. The van der Waals surface area contributed by atoms with Crippen molar-refractivity contribution in [1.82, 2.24) is 0 Å².